The Bertz CT molecular complexity index is 138. The van der Waals surface area contributed by atoms with Crippen LogP contribution in [0.2, 0.25) is 0 Å². The van der Waals surface area contributed by atoms with E-state index in [-0.39, 0.29) is 6.67 Å². The number of aliphatic imine (C=N–C) groups is 1. The van der Waals surface area contributed by atoms with Gasteiger partial charge in [0.05, 0.1) is 6.54 Å². The van der Waals surface area contributed by atoms with Gasteiger partial charge in [-0.2, -0.15) is 0 Å². The lowest BCUT2D eigenvalue weighted by atomic mass is 10.5. The second-order valence-corrected chi connectivity index (χ2v) is 3.62. The summed E-state index contributed by atoms with van der Waals surface area (Å²) in [5.41, 5.74) is 0. The Hall–Kier alpha value is -0.250. The zero-order valence-electron chi connectivity index (χ0n) is 5.93. The van der Waals surface area contributed by atoms with Gasteiger partial charge in [-0.15, -0.1) is 0 Å². The van der Waals surface area contributed by atoms with Crippen molar-refractivity contribution in [1.29, 1.82) is 0 Å². The Morgan fingerprint density at radius 2 is 2.70 bits per heavy atom. The first-order valence-electron chi connectivity index (χ1n) is 3.34. The summed E-state index contributed by atoms with van der Waals surface area (Å²) >= 11 is 1.68. The van der Waals surface area contributed by atoms with Crippen LogP contribution in [-0.4, -0.2) is 30.2 Å². The predicted molar refractivity (Wildman–Crippen MR) is 43.3 cm³/mol. The highest BCUT2D eigenvalue weighted by Gasteiger charge is 2.13. The van der Waals surface area contributed by atoms with E-state index in [1.54, 1.807) is 11.8 Å². The van der Waals surface area contributed by atoms with E-state index in [4.69, 9.17) is 0 Å². The Balaban J connectivity index is 2.17. The Kier molecular flexibility index (Phi) is 2.99. The number of rotatable bonds is 2. The normalized spacial score (nSPS) is 24.6. The van der Waals surface area contributed by atoms with Gasteiger partial charge in [0.25, 0.3) is 0 Å². The molecule has 1 heterocycles. The molecule has 1 rings (SSSR count). The molecule has 1 N–H and O–H groups in total. The molecule has 0 radical (unpaired) electrons. The number of thioether (sulfide) groups is 1. The van der Waals surface area contributed by atoms with E-state index in [2.05, 4.69) is 17.2 Å². The van der Waals surface area contributed by atoms with Gasteiger partial charge >= 0.3 is 0 Å². The highest BCUT2D eigenvalue weighted by atomic mass is 32.2. The van der Waals surface area contributed by atoms with Crippen LogP contribution in [0.25, 0.3) is 0 Å². The first-order chi connectivity index (χ1) is 4.83. The van der Waals surface area contributed by atoms with E-state index in [9.17, 15) is 4.39 Å². The topological polar surface area (TPSA) is 24.4 Å². The second-order valence-electron chi connectivity index (χ2n) is 2.19. The summed E-state index contributed by atoms with van der Waals surface area (Å²) in [5, 5.41) is 4.35. The first kappa shape index (κ1) is 7.85. The number of hydrogen-bond donors (Lipinski definition) is 1. The molecule has 0 spiro atoms. The van der Waals surface area contributed by atoms with E-state index in [0.717, 1.165) is 11.7 Å². The molecule has 0 aromatic carbocycles. The third-order valence-corrected chi connectivity index (χ3v) is 2.22. The summed E-state index contributed by atoms with van der Waals surface area (Å²) in [6, 6.07) is 0. The van der Waals surface area contributed by atoms with E-state index in [0.29, 0.717) is 11.8 Å². The number of amidine groups is 1. The summed E-state index contributed by atoms with van der Waals surface area (Å²) in [7, 11) is 0. The molecule has 58 valence electrons. The number of hydrogen-bond acceptors (Lipinski definition) is 3. The van der Waals surface area contributed by atoms with Gasteiger partial charge in [-0.1, -0.05) is 18.7 Å². The SMILES string of the molecule is CC1CN=C(NCCF)S1. The molecule has 0 saturated heterocycles. The molecule has 0 saturated carbocycles. The third-order valence-electron chi connectivity index (χ3n) is 1.18. The third kappa shape index (κ3) is 2.17. The van der Waals surface area contributed by atoms with Gasteiger partial charge in [-0.05, 0) is 0 Å². The van der Waals surface area contributed by atoms with Crippen molar-refractivity contribution in [3.63, 3.8) is 0 Å². The maximum absolute atomic E-state index is 11.6. The lowest BCUT2D eigenvalue weighted by molar-refractivity contribution is 0.492. The van der Waals surface area contributed by atoms with Crippen molar-refractivity contribution in [3.05, 3.63) is 0 Å². The van der Waals surface area contributed by atoms with Crippen molar-refractivity contribution in [2.45, 2.75) is 12.2 Å². The van der Waals surface area contributed by atoms with Crippen LogP contribution in [0.4, 0.5) is 4.39 Å². The fraction of sp³-hybridized carbons (Fsp3) is 0.833. The molecule has 0 aromatic heterocycles. The fourth-order valence-corrected chi connectivity index (χ4v) is 1.59. The maximum atomic E-state index is 11.6. The van der Waals surface area contributed by atoms with Crippen molar-refractivity contribution >= 4 is 16.9 Å². The molecule has 0 aliphatic carbocycles. The molecule has 1 atom stereocenters. The number of nitrogens with one attached hydrogen (secondary N) is 1. The smallest absolute Gasteiger partial charge is 0.157 e. The zero-order chi connectivity index (χ0) is 7.40. The zero-order valence-corrected chi connectivity index (χ0v) is 6.75. The molecule has 0 fully saturated rings. The van der Waals surface area contributed by atoms with Crippen LogP contribution in [0, 0.1) is 0 Å². The highest BCUT2D eigenvalue weighted by molar-refractivity contribution is 8.14. The highest BCUT2D eigenvalue weighted by Crippen LogP contribution is 2.17. The van der Waals surface area contributed by atoms with Crippen molar-refractivity contribution in [2.75, 3.05) is 19.8 Å². The van der Waals surface area contributed by atoms with Crippen LogP contribution in [-0.2, 0) is 0 Å². The van der Waals surface area contributed by atoms with E-state index in [1.165, 1.54) is 0 Å². The van der Waals surface area contributed by atoms with Crippen molar-refractivity contribution < 1.29 is 4.39 Å². The summed E-state index contributed by atoms with van der Waals surface area (Å²) in [4.78, 5) is 4.16. The molecular weight excluding hydrogens is 151 g/mol. The quantitative estimate of drug-likeness (QED) is 0.656. The Labute approximate surface area is 64.3 Å². The van der Waals surface area contributed by atoms with Gasteiger partial charge < -0.3 is 5.32 Å². The Morgan fingerprint density at radius 3 is 3.20 bits per heavy atom. The average Bonchev–Trinajstić information content (AvgIpc) is 2.31. The number of alkyl halides is 1. The summed E-state index contributed by atoms with van der Waals surface area (Å²) in [5.74, 6) is 0. The minimum absolute atomic E-state index is 0.325. The molecule has 1 unspecified atom stereocenters. The predicted octanol–water partition coefficient (Wildman–Crippen LogP) is 1.04. The van der Waals surface area contributed by atoms with Gasteiger partial charge in [0, 0.05) is 11.8 Å². The first-order valence-corrected chi connectivity index (χ1v) is 4.22. The fourth-order valence-electron chi connectivity index (χ4n) is 0.728. The number of nitrogens with zero attached hydrogens (tertiary/aromatic N) is 1. The largest absolute Gasteiger partial charge is 0.362 e. The molecule has 2 nitrogen and oxygen atoms in total. The van der Waals surface area contributed by atoms with Crippen molar-refractivity contribution in [2.24, 2.45) is 4.99 Å². The molecule has 0 bridgehead atoms. The van der Waals surface area contributed by atoms with Gasteiger partial charge in [0.2, 0.25) is 0 Å². The summed E-state index contributed by atoms with van der Waals surface area (Å²) < 4.78 is 11.6. The Morgan fingerprint density at radius 1 is 1.90 bits per heavy atom. The van der Waals surface area contributed by atoms with E-state index in [1.807, 2.05) is 0 Å². The average molecular weight is 162 g/mol. The van der Waals surface area contributed by atoms with Gasteiger partial charge in [-0.3, -0.25) is 4.99 Å². The van der Waals surface area contributed by atoms with Crippen molar-refractivity contribution in [1.82, 2.24) is 5.32 Å². The van der Waals surface area contributed by atoms with Crippen LogP contribution in [0.3, 0.4) is 0 Å². The molecule has 0 aromatic rings. The van der Waals surface area contributed by atoms with E-state index >= 15 is 0 Å². The minimum atomic E-state index is -0.325. The van der Waals surface area contributed by atoms with Crippen LogP contribution in [0.5, 0.6) is 0 Å². The lowest BCUT2D eigenvalue weighted by Crippen LogP contribution is -2.21. The standard InChI is InChI=1S/C6H11FN2S/c1-5-4-9-6(10-5)8-3-2-7/h5H,2-4H2,1H3,(H,8,9). The molecule has 10 heavy (non-hydrogen) atoms. The molecule has 0 amide bonds. The maximum Gasteiger partial charge on any atom is 0.157 e. The van der Waals surface area contributed by atoms with E-state index < -0.39 is 0 Å². The second kappa shape index (κ2) is 3.81. The van der Waals surface area contributed by atoms with Crippen LogP contribution >= 0.6 is 11.8 Å². The van der Waals surface area contributed by atoms with Crippen LogP contribution < -0.4 is 5.32 Å². The molecule has 4 heteroatoms. The van der Waals surface area contributed by atoms with Gasteiger partial charge in [0.1, 0.15) is 6.67 Å². The van der Waals surface area contributed by atoms with Crippen LogP contribution in [0.15, 0.2) is 4.99 Å². The minimum Gasteiger partial charge on any atom is -0.362 e. The monoisotopic (exact) mass is 162 g/mol. The van der Waals surface area contributed by atoms with Gasteiger partial charge in [0.15, 0.2) is 5.17 Å². The summed E-state index contributed by atoms with van der Waals surface area (Å²) in [6.45, 7) is 3.03. The van der Waals surface area contributed by atoms with Gasteiger partial charge in [-0.25, -0.2) is 4.39 Å². The van der Waals surface area contributed by atoms with Crippen LogP contribution in [0.1, 0.15) is 6.92 Å². The lowest BCUT2D eigenvalue weighted by Gasteiger charge is -2.01. The number of halogens is 1. The molecular formula is C6H11FN2S. The molecule has 1 aliphatic rings. The molecule has 1 aliphatic heterocycles. The summed E-state index contributed by atoms with van der Waals surface area (Å²) in [6.07, 6.45) is 0. The van der Waals surface area contributed by atoms with Crippen molar-refractivity contribution in [3.8, 4) is 0 Å².